The Bertz CT molecular complexity index is 537. The molecule has 20 heavy (non-hydrogen) atoms. The molecule has 0 bridgehead atoms. The van der Waals surface area contributed by atoms with Crippen LogP contribution in [-0.4, -0.2) is 18.8 Å². The summed E-state index contributed by atoms with van der Waals surface area (Å²) in [6, 6.07) is 15.7. The molecule has 0 aliphatic rings. The van der Waals surface area contributed by atoms with E-state index in [4.69, 9.17) is 4.74 Å². The predicted octanol–water partition coefficient (Wildman–Crippen LogP) is 3.40. The van der Waals surface area contributed by atoms with Crippen LogP contribution in [-0.2, 0) is 6.42 Å². The number of nitrogens with one attached hydrogen (secondary N) is 1. The summed E-state index contributed by atoms with van der Waals surface area (Å²) in [5.41, 5.74) is 3.23. The van der Waals surface area contributed by atoms with Gasteiger partial charge < -0.3 is 15.2 Å². The highest BCUT2D eigenvalue weighted by molar-refractivity contribution is 5.51. The van der Waals surface area contributed by atoms with E-state index in [0.29, 0.717) is 6.54 Å². The average molecular weight is 271 g/mol. The molecule has 0 aromatic heterocycles. The molecule has 0 aliphatic heterocycles. The first-order chi connectivity index (χ1) is 9.74. The summed E-state index contributed by atoms with van der Waals surface area (Å²) < 4.78 is 5.11. The van der Waals surface area contributed by atoms with Gasteiger partial charge in [0, 0.05) is 12.2 Å². The molecule has 0 spiro atoms. The SMILES string of the molecule is CCc1ccccc1NCC(O)c1ccc(OC)cc1. The van der Waals surface area contributed by atoms with Crippen LogP contribution < -0.4 is 10.1 Å². The molecule has 3 heteroatoms. The average Bonchev–Trinajstić information content (AvgIpc) is 2.53. The van der Waals surface area contributed by atoms with Crippen LogP contribution in [0.5, 0.6) is 5.75 Å². The third-order valence-corrected chi connectivity index (χ3v) is 3.38. The first kappa shape index (κ1) is 14.4. The van der Waals surface area contributed by atoms with Crippen molar-refractivity contribution in [2.24, 2.45) is 0 Å². The molecule has 2 aromatic carbocycles. The largest absolute Gasteiger partial charge is 0.497 e. The molecule has 0 aliphatic carbocycles. The molecule has 0 saturated carbocycles. The van der Waals surface area contributed by atoms with Crippen LogP contribution in [0, 0.1) is 0 Å². The lowest BCUT2D eigenvalue weighted by molar-refractivity contribution is 0.191. The molecule has 1 atom stereocenters. The Labute approximate surface area is 120 Å². The van der Waals surface area contributed by atoms with Gasteiger partial charge in [0.1, 0.15) is 5.75 Å². The van der Waals surface area contributed by atoms with Crippen molar-refractivity contribution in [3.05, 3.63) is 59.7 Å². The van der Waals surface area contributed by atoms with Crippen molar-refractivity contribution in [1.29, 1.82) is 0 Å². The molecule has 0 heterocycles. The molecule has 106 valence electrons. The Balaban J connectivity index is 1.98. The quantitative estimate of drug-likeness (QED) is 0.846. The molecule has 2 rings (SSSR count). The Morgan fingerprint density at radius 2 is 1.80 bits per heavy atom. The minimum atomic E-state index is -0.536. The van der Waals surface area contributed by atoms with Crippen molar-refractivity contribution >= 4 is 5.69 Å². The summed E-state index contributed by atoms with van der Waals surface area (Å²) in [6.45, 7) is 2.61. The van der Waals surface area contributed by atoms with E-state index in [9.17, 15) is 5.11 Å². The number of para-hydroxylation sites is 1. The number of aryl methyl sites for hydroxylation is 1. The molecule has 2 aromatic rings. The summed E-state index contributed by atoms with van der Waals surface area (Å²) in [7, 11) is 1.63. The van der Waals surface area contributed by atoms with Crippen LogP contribution in [0.4, 0.5) is 5.69 Å². The topological polar surface area (TPSA) is 41.5 Å². The Kier molecular flexibility index (Phi) is 5.02. The number of anilines is 1. The smallest absolute Gasteiger partial charge is 0.118 e. The molecular weight excluding hydrogens is 250 g/mol. The molecule has 0 amide bonds. The highest BCUT2D eigenvalue weighted by Crippen LogP contribution is 2.20. The Hall–Kier alpha value is -2.00. The van der Waals surface area contributed by atoms with Crippen LogP contribution in [0.25, 0.3) is 0 Å². The van der Waals surface area contributed by atoms with Crippen molar-refractivity contribution in [3.63, 3.8) is 0 Å². The summed E-state index contributed by atoms with van der Waals surface area (Å²) in [5, 5.41) is 13.5. The van der Waals surface area contributed by atoms with Crippen molar-refractivity contribution in [2.75, 3.05) is 19.0 Å². The summed E-state index contributed by atoms with van der Waals surface area (Å²) in [5.74, 6) is 0.797. The van der Waals surface area contributed by atoms with E-state index >= 15 is 0 Å². The minimum absolute atomic E-state index is 0.489. The van der Waals surface area contributed by atoms with E-state index in [0.717, 1.165) is 23.4 Å². The molecule has 2 N–H and O–H groups in total. The maximum atomic E-state index is 10.2. The molecular formula is C17H21NO2. The van der Waals surface area contributed by atoms with E-state index < -0.39 is 6.10 Å². The van der Waals surface area contributed by atoms with Crippen molar-refractivity contribution < 1.29 is 9.84 Å². The van der Waals surface area contributed by atoms with Gasteiger partial charge in [-0.2, -0.15) is 0 Å². The lowest BCUT2D eigenvalue weighted by Gasteiger charge is -2.15. The van der Waals surface area contributed by atoms with Gasteiger partial charge in [-0.05, 0) is 35.7 Å². The van der Waals surface area contributed by atoms with Gasteiger partial charge in [0.25, 0.3) is 0 Å². The number of benzene rings is 2. The van der Waals surface area contributed by atoms with Crippen LogP contribution in [0.3, 0.4) is 0 Å². The van der Waals surface area contributed by atoms with Gasteiger partial charge in [-0.15, -0.1) is 0 Å². The second kappa shape index (κ2) is 6.96. The van der Waals surface area contributed by atoms with Crippen LogP contribution in [0.2, 0.25) is 0 Å². The maximum Gasteiger partial charge on any atom is 0.118 e. The number of hydrogen-bond acceptors (Lipinski definition) is 3. The molecule has 0 saturated heterocycles. The van der Waals surface area contributed by atoms with Crippen molar-refractivity contribution in [2.45, 2.75) is 19.4 Å². The Morgan fingerprint density at radius 3 is 2.45 bits per heavy atom. The highest BCUT2D eigenvalue weighted by Gasteiger charge is 2.08. The molecule has 1 unspecified atom stereocenters. The van der Waals surface area contributed by atoms with E-state index in [1.807, 2.05) is 42.5 Å². The normalized spacial score (nSPS) is 11.9. The van der Waals surface area contributed by atoms with E-state index in [2.05, 4.69) is 18.3 Å². The fraction of sp³-hybridized carbons (Fsp3) is 0.294. The van der Waals surface area contributed by atoms with Crippen molar-refractivity contribution in [1.82, 2.24) is 0 Å². The zero-order valence-corrected chi connectivity index (χ0v) is 12.0. The third-order valence-electron chi connectivity index (χ3n) is 3.38. The highest BCUT2D eigenvalue weighted by atomic mass is 16.5. The van der Waals surface area contributed by atoms with Gasteiger partial charge in [0.05, 0.1) is 13.2 Å². The van der Waals surface area contributed by atoms with Crippen molar-refractivity contribution in [3.8, 4) is 5.75 Å². The summed E-state index contributed by atoms with van der Waals surface area (Å²) in [6.07, 6.45) is 0.438. The summed E-state index contributed by atoms with van der Waals surface area (Å²) >= 11 is 0. The number of rotatable bonds is 6. The fourth-order valence-electron chi connectivity index (χ4n) is 2.15. The third kappa shape index (κ3) is 3.52. The van der Waals surface area contributed by atoms with Gasteiger partial charge in [-0.1, -0.05) is 37.3 Å². The zero-order chi connectivity index (χ0) is 14.4. The minimum Gasteiger partial charge on any atom is -0.497 e. The molecule has 0 radical (unpaired) electrons. The molecule has 0 fully saturated rings. The predicted molar refractivity (Wildman–Crippen MR) is 82.3 cm³/mol. The van der Waals surface area contributed by atoms with Gasteiger partial charge in [-0.3, -0.25) is 0 Å². The van der Waals surface area contributed by atoms with Crippen LogP contribution in [0.15, 0.2) is 48.5 Å². The molecule has 3 nitrogen and oxygen atoms in total. The second-order valence-corrected chi connectivity index (χ2v) is 4.68. The van der Waals surface area contributed by atoms with Crippen LogP contribution in [0.1, 0.15) is 24.2 Å². The number of ether oxygens (including phenoxy) is 1. The first-order valence-corrected chi connectivity index (χ1v) is 6.88. The van der Waals surface area contributed by atoms with Gasteiger partial charge in [0.15, 0.2) is 0 Å². The van der Waals surface area contributed by atoms with Gasteiger partial charge >= 0.3 is 0 Å². The number of hydrogen-bond donors (Lipinski definition) is 2. The fourth-order valence-corrected chi connectivity index (χ4v) is 2.15. The summed E-state index contributed by atoms with van der Waals surface area (Å²) in [4.78, 5) is 0. The standard InChI is InChI=1S/C17H21NO2/c1-3-13-6-4-5-7-16(13)18-12-17(19)14-8-10-15(20-2)11-9-14/h4-11,17-19H,3,12H2,1-2H3. The number of aliphatic hydroxyl groups excluding tert-OH is 1. The lowest BCUT2D eigenvalue weighted by Crippen LogP contribution is -2.13. The van der Waals surface area contributed by atoms with Crippen LogP contribution >= 0.6 is 0 Å². The lowest BCUT2D eigenvalue weighted by atomic mass is 10.1. The number of aliphatic hydroxyl groups is 1. The van der Waals surface area contributed by atoms with E-state index in [1.54, 1.807) is 7.11 Å². The first-order valence-electron chi connectivity index (χ1n) is 6.88. The zero-order valence-electron chi connectivity index (χ0n) is 12.0. The van der Waals surface area contributed by atoms with Gasteiger partial charge in [-0.25, -0.2) is 0 Å². The van der Waals surface area contributed by atoms with E-state index in [-0.39, 0.29) is 0 Å². The Morgan fingerprint density at radius 1 is 1.10 bits per heavy atom. The maximum absolute atomic E-state index is 10.2. The second-order valence-electron chi connectivity index (χ2n) is 4.68. The monoisotopic (exact) mass is 271 g/mol. The van der Waals surface area contributed by atoms with E-state index in [1.165, 1.54) is 5.56 Å². The number of methoxy groups -OCH3 is 1. The van der Waals surface area contributed by atoms with Gasteiger partial charge in [0.2, 0.25) is 0 Å².